The molecule has 0 saturated carbocycles. The van der Waals surface area contributed by atoms with E-state index in [0.29, 0.717) is 12.1 Å². The van der Waals surface area contributed by atoms with Crippen molar-refractivity contribution in [2.75, 3.05) is 19.6 Å². The molecule has 2 rings (SSSR count). The lowest BCUT2D eigenvalue weighted by Crippen LogP contribution is -2.49. The SMILES string of the molecule is CC1(C(=O)NCC(O)c2ccc(OC(F)F)cc2)CCCNC1. The Hall–Kier alpha value is -1.73. The largest absolute Gasteiger partial charge is 0.435 e. The summed E-state index contributed by atoms with van der Waals surface area (Å²) >= 11 is 0. The molecule has 0 bridgehead atoms. The van der Waals surface area contributed by atoms with Gasteiger partial charge in [-0.25, -0.2) is 0 Å². The van der Waals surface area contributed by atoms with Crippen LogP contribution >= 0.6 is 0 Å². The van der Waals surface area contributed by atoms with E-state index in [0.717, 1.165) is 19.4 Å². The van der Waals surface area contributed by atoms with Gasteiger partial charge in [0.1, 0.15) is 5.75 Å². The van der Waals surface area contributed by atoms with Crippen LogP contribution in [0, 0.1) is 5.41 Å². The van der Waals surface area contributed by atoms with Gasteiger partial charge in [-0.2, -0.15) is 8.78 Å². The Morgan fingerprint density at radius 3 is 2.70 bits per heavy atom. The van der Waals surface area contributed by atoms with Crippen LogP contribution in [0.15, 0.2) is 24.3 Å². The van der Waals surface area contributed by atoms with E-state index in [4.69, 9.17) is 0 Å². The van der Waals surface area contributed by atoms with Crippen LogP contribution in [0.1, 0.15) is 31.4 Å². The van der Waals surface area contributed by atoms with Crippen molar-refractivity contribution in [1.29, 1.82) is 0 Å². The minimum absolute atomic E-state index is 0.0285. The second-order valence-electron chi connectivity index (χ2n) is 6.01. The third kappa shape index (κ3) is 4.87. The number of piperidine rings is 1. The third-order valence-electron chi connectivity index (χ3n) is 4.09. The Bertz CT molecular complexity index is 517. The molecule has 1 heterocycles. The molecule has 1 aliphatic heterocycles. The number of halogens is 2. The molecule has 7 heteroatoms. The Kier molecular flexibility index (Phi) is 5.90. The number of hydrogen-bond donors (Lipinski definition) is 3. The van der Waals surface area contributed by atoms with Gasteiger partial charge in [-0.1, -0.05) is 12.1 Å². The number of hydrogen-bond acceptors (Lipinski definition) is 4. The summed E-state index contributed by atoms with van der Waals surface area (Å²) in [4.78, 5) is 12.3. The van der Waals surface area contributed by atoms with E-state index in [1.54, 1.807) is 0 Å². The minimum atomic E-state index is -2.88. The predicted octanol–water partition coefficient (Wildman–Crippen LogP) is 1.83. The highest BCUT2D eigenvalue weighted by molar-refractivity contribution is 5.82. The first-order valence-corrected chi connectivity index (χ1v) is 7.62. The maximum absolute atomic E-state index is 12.3. The Balaban J connectivity index is 1.86. The van der Waals surface area contributed by atoms with Crippen molar-refractivity contribution in [3.63, 3.8) is 0 Å². The van der Waals surface area contributed by atoms with Crippen molar-refractivity contribution < 1.29 is 23.4 Å². The molecule has 1 saturated heterocycles. The van der Waals surface area contributed by atoms with Gasteiger partial charge < -0.3 is 20.5 Å². The molecule has 0 aliphatic carbocycles. The summed E-state index contributed by atoms with van der Waals surface area (Å²) in [5, 5.41) is 16.1. The van der Waals surface area contributed by atoms with Gasteiger partial charge in [0.05, 0.1) is 11.5 Å². The lowest BCUT2D eigenvalue weighted by Gasteiger charge is -2.32. The van der Waals surface area contributed by atoms with E-state index in [2.05, 4.69) is 15.4 Å². The summed E-state index contributed by atoms with van der Waals surface area (Å²) in [6.07, 6.45) is 0.847. The van der Waals surface area contributed by atoms with Crippen molar-refractivity contribution in [2.24, 2.45) is 5.41 Å². The Morgan fingerprint density at radius 1 is 1.43 bits per heavy atom. The summed E-state index contributed by atoms with van der Waals surface area (Å²) in [6.45, 7) is 0.628. The van der Waals surface area contributed by atoms with Crippen LogP contribution in [-0.4, -0.2) is 37.3 Å². The van der Waals surface area contributed by atoms with E-state index in [1.807, 2.05) is 6.92 Å². The summed E-state index contributed by atoms with van der Waals surface area (Å²) in [5.41, 5.74) is 0.0614. The second kappa shape index (κ2) is 7.70. The number of rotatable bonds is 6. The zero-order chi connectivity index (χ0) is 16.9. The molecule has 1 amide bonds. The molecule has 0 aromatic heterocycles. The fourth-order valence-electron chi connectivity index (χ4n) is 2.64. The van der Waals surface area contributed by atoms with Crippen molar-refractivity contribution >= 4 is 5.91 Å². The first kappa shape index (κ1) is 17.6. The third-order valence-corrected chi connectivity index (χ3v) is 4.09. The molecule has 2 atom stereocenters. The van der Waals surface area contributed by atoms with Crippen LogP contribution in [0.25, 0.3) is 0 Å². The summed E-state index contributed by atoms with van der Waals surface area (Å²) in [5.74, 6) is -0.0674. The maximum Gasteiger partial charge on any atom is 0.387 e. The molecule has 5 nitrogen and oxygen atoms in total. The van der Waals surface area contributed by atoms with Crippen LogP contribution in [0.2, 0.25) is 0 Å². The van der Waals surface area contributed by atoms with Crippen molar-refractivity contribution in [2.45, 2.75) is 32.5 Å². The molecule has 128 valence electrons. The first-order valence-electron chi connectivity index (χ1n) is 7.62. The monoisotopic (exact) mass is 328 g/mol. The number of aliphatic hydroxyl groups is 1. The van der Waals surface area contributed by atoms with E-state index >= 15 is 0 Å². The molecule has 3 N–H and O–H groups in total. The molecule has 1 aliphatic rings. The summed E-state index contributed by atoms with van der Waals surface area (Å²) in [6, 6.07) is 5.72. The van der Waals surface area contributed by atoms with Gasteiger partial charge in [0.2, 0.25) is 5.91 Å². The highest BCUT2D eigenvalue weighted by Crippen LogP contribution is 2.26. The number of amides is 1. The predicted molar refractivity (Wildman–Crippen MR) is 81.3 cm³/mol. The highest BCUT2D eigenvalue weighted by Gasteiger charge is 2.34. The number of benzene rings is 1. The van der Waals surface area contributed by atoms with Crippen LogP contribution in [-0.2, 0) is 4.79 Å². The topological polar surface area (TPSA) is 70.6 Å². The van der Waals surface area contributed by atoms with Gasteiger partial charge in [-0.05, 0) is 44.0 Å². The van der Waals surface area contributed by atoms with Crippen molar-refractivity contribution in [3.8, 4) is 5.75 Å². The minimum Gasteiger partial charge on any atom is -0.435 e. The van der Waals surface area contributed by atoms with Gasteiger partial charge in [0.15, 0.2) is 0 Å². The average molecular weight is 328 g/mol. The van der Waals surface area contributed by atoms with Crippen LogP contribution < -0.4 is 15.4 Å². The van der Waals surface area contributed by atoms with Gasteiger partial charge in [0, 0.05) is 13.1 Å². The maximum atomic E-state index is 12.3. The zero-order valence-corrected chi connectivity index (χ0v) is 13.0. The molecule has 2 unspecified atom stereocenters. The normalized spacial score (nSPS) is 22.7. The Labute approximate surface area is 134 Å². The fourth-order valence-corrected chi connectivity index (χ4v) is 2.64. The van der Waals surface area contributed by atoms with E-state index in [1.165, 1.54) is 24.3 Å². The van der Waals surface area contributed by atoms with Crippen molar-refractivity contribution in [3.05, 3.63) is 29.8 Å². The highest BCUT2D eigenvalue weighted by atomic mass is 19.3. The lowest BCUT2D eigenvalue weighted by atomic mass is 9.82. The summed E-state index contributed by atoms with van der Waals surface area (Å²) < 4.78 is 28.4. The average Bonchev–Trinajstić information content (AvgIpc) is 2.53. The molecule has 1 fully saturated rings. The van der Waals surface area contributed by atoms with Crippen LogP contribution in [0.4, 0.5) is 8.78 Å². The van der Waals surface area contributed by atoms with Crippen LogP contribution in [0.5, 0.6) is 5.75 Å². The molecule has 1 aromatic rings. The molecule has 1 aromatic carbocycles. The molecule has 23 heavy (non-hydrogen) atoms. The second-order valence-corrected chi connectivity index (χ2v) is 6.01. The number of nitrogens with one attached hydrogen (secondary N) is 2. The smallest absolute Gasteiger partial charge is 0.387 e. The number of aliphatic hydroxyl groups excluding tert-OH is 1. The molecule has 0 radical (unpaired) electrons. The van der Waals surface area contributed by atoms with Gasteiger partial charge in [-0.15, -0.1) is 0 Å². The Morgan fingerprint density at radius 2 is 2.13 bits per heavy atom. The summed E-state index contributed by atoms with van der Waals surface area (Å²) in [7, 11) is 0. The molecule has 0 spiro atoms. The van der Waals surface area contributed by atoms with E-state index < -0.39 is 18.1 Å². The molecular formula is C16H22F2N2O3. The number of ether oxygens (including phenoxy) is 1. The van der Waals surface area contributed by atoms with E-state index in [9.17, 15) is 18.7 Å². The first-order chi connectivity index (χ1) is 10.9. The van der Waals surface area contributed by atoms with Crippen molar-refractivity contribution in [1.82, 2.24) is 10.6 Å². The number of alkyl halides is 2. The fraction of sp³-hybridized carbons (Fsp3) is 0.562. The lowest BCUT2D eigenvalue weighted by molar-refractivity contribution is -0.131. The standard InChI is InChI=1S/C16H22F2N2O3/c1-16(7-2-8-19-10-16)14(22)20-9-13(21)11-3-5-12(6-4-11)23-15(17)18/h3-6,13,15,19,21H,2,7-10H2,1H3,(H,20,22). The quantitative estimate of drug-likeness (QED) is 0.745. The van der Waals surface area contributed by atoms with E-state index in [-0.39, 0.29) is 18.2 Å². The number of carbonyl (C=O) groups excluding carboxylic acids is 1. The zero-order valence-electron chi connectivity index (χ0n) is 13.0. The van der Waals surface area contributed by atoms with Gasteiger partial charge in [-0.3, -0.25) is 4.79 Å². The number of carbonyl (C=O) groups is 1. The molecular weight excluding hydrogens is 306 g/mol. The van der Waals surface area contributed by atoms with Gasteiger partial charge >= 0.3 is 6.61 Å². The van der Waals surface area contributed by atoms with Gasteiger partial charge in [0.25, 0.3) is 0 Å². The van der Waals surface area contributed by atoms with Crippen LogP contribution in [0.3, 0.4) is 0 Å².